The van der Waals surface area contributed by atoms with Gasteiger partial charge in [-0.05, 0) is 6.92 Å². The van der Waals surface area contributed by atoms with Crippen molar-refractivity contribution in [2.45, 2.75) is 13.2 Å². The topological polar surface area (TPSA) is 36.9 Å². The van der Waals surface area contributed by atoms with Gasteiger partial charge >= 0.3 is 0 Å². The Hall–Kier alpha value is -1.38. The summed E-state index contributed by atoms with van der Waals surface area (Å²) in [6, 6.07) is 9.91. The molecule has 1 fully saturated rings. The van der Waals surface area contributed by atoms with Crippen molar-refractivity contribution in [2.24, 2.45) is 5.41 Å². The van der Waals surface area contributed by atoms with E-state index < -0.39 is 0 Å². The number of benzene rings is 1. The van der Waals surface area contributed by atoms with Gasteiger partial charge < -0.3 is 18.9 Å². The predicted molar refractivity (Wildman–Crippen MR) is 79.7 cm³/mol. The second kappa shape index (κ2) is 8.16. The highest BCUT2D eigenvalue weighted by Gasteiger charge is 2.38. The summed E-state index contributed by atoms with van der Waals surface area (Å²) >= 11 is 0. The largest absolute Gasteiger partial charge is 0.381 e. The molecule has 2 rings (SSSR count). The quantitative estimate of drug-likeness (QED) is 0.571. The molecule has 1 heterocycles. The molecule has 0 aromatic heterocycles. The predicted octanol–water partition coefficient (Wildman–Crippen LogP) is 2.40. The molecule has 1 aliphatic heterocycles. The number of ether oxygens (including phenoxy) is 4. The average molecular weight is 290 g/mol. The smallest absolute Gasteiger partial charge is 0.183 e. The third kappa shape index (κ3) is 4.55. The maximum atomic E-state index is 5.87. The molecule has 21 heavy (non-hydrogen) atoms. The first kappa shape index (κ1) is 16.0. The van der Waals surface area contributed by atoms with E-state index >= 15 is 0 Å². The van der Waals surface area contributed by atoms with Gasteiger partial charge in [0, 0.05) is 12.2 Å². The van der Waals surface area contributed by atoms with Crippen LogP contribution in [0.1, 0.15) is 18.8 Å². The van der Waals surface area contributed by atoms with Gasteiger partial charge in [0.05, 0.1) is 31.8 Å². The third-order valence-corrected chi connectivity index (χ3v) is 3.36. The Morgan fingerprint density at radius 2 is 1.86 bits per heavy atom. The van der Waals surface area contributed by atoms with Crippen molar-refractivity contribution in [3.05, 3.63) is 35.9 Å². The fourth-order valence-corrected chi connectivity index (χ4v) is 2.25. The number of rotatable bonds is 7. The van der Waals surface area contributed by atoms with Crippen LogP contribution in [0.25, 0.3) is 0 Å². The molecule has 1 aromatic carbocycles. The fraction of sp³-hybridized carbons (Fsp3) is 0.529. The van der Waals surface area contributed by atoms with Gasteiger partial charge in [-0.1, -0.05) is 36.3 Å². The Balaban J connectivity index is 1.94. The van der Waals surface area contributed by atoms with Crippen molar-refractivity contribution in [1.29, 1.82) is 0 Å². The van der Waals surface area contributed by atoms with E-state index in [2.05, 4.69) is 5.92 Å². The van der Waals surface area contributed by atoms with E-state index in [1.165, 1.54) is 0 Å². The minimum absolute atomic E-state index is 0.288. The molecule has 1 aromatic rings. The molecule has 0 spiro atoms. The van der Waals surface area contributed by atoms with Crippen LogP contribution in [0.3, 0.4) is 0 Å². The highest BCUT2D eigenvalue weighted by Crippen LogP contribution is 2.32. The molecule has 0 N–H and O–H groups in total. The maximum Gasteiger partial charge on any atom is 0.183 e. The molecule has 4 heteroatoms. The molecule has 4 nitrogen and oxygen atoms in total. The highest BCUT2D eigenvalue weighted by atomic mass is 16.7. The monoisotopic (exact) mass is 290 g/mol. The second-order valence-electron chi connectivity index (χ2n) is 5.20. The van der Waals surface area contributed by atoms with Crippen molar-refractivity contribution < 1.29 is 18.9 Å². The molecule has 0 aliphatic carbocycles. The van der Waals surface area contributed by atoms with Crippen LogP contribution in [0.4, 0.5) is 0 Å². The summed E-state index contributed by atoms with van der Waals surface area (Å²) in [5, 5.41) is 0. The van der Waals surface area contributed by atoms with Gasteiger partial charge in [-0.3, -0.25) is 0 Å². The molecule has 114 valence electrons. The molecule has 0 amide bonds. The van der Waals surface area contributed by atoms with Crippen molar-refractivity contribution in [3.8, 4) is 12.3 Å². The first-order valence-electron chi connectivity index (χ1n) is 7.17. The summed E-state index contributed by atoms with van der Waals surface area (Å²) in [4.78, 5) is 0. The van der Waals surface area contributed by atoms with E-state index in [0.29, 0.717) is 33.0 Å². The Labute approximate surface area is 126 Å². The molecule has 0 atom stereocenters. The molecule has 0 radical (unpaired) electrons. The lowest BCUT2D eigenvalue weighted by atomic mass is 9.91. The van der Waals surface area contributed by atoms with Crippen molar-refractivity contribution in [2.75, 3.05) is 39.6 Å². The Morgan fingerprint density at radius 1 is 1.19 bits per heavy atom. The standard InChI is InChI=1S/C17H22O4/c1-3-10-19-12-17(11-18-4-2)13-20-16(21-14-17)15-8-6-5-7-9-15/h1,5-9,16H,4,10-14H2,2H3. The van der Waals surface area contributed by atoms with E-state index in [1.807, 2.05) is 37.3 Å². The zero-order chi connectivity index (χ0) is 15.0. The summed E-state index contributed by atoms with van der Waals surface area (Å²) in [7, 11) is 0. The molecule has 1 saturated heterocycles. The molecular formula is C17H22O4. The fourth-order valence-electron chi connectivity index (χ4n) is 2.25. The summed E-state index contributed by atoms with van der Waals surface area (Å²) in [5.41, 5.74) is 0.727. The Bertz CT molecular complexity index is 444. The van der Waals surface area contributed by atoms with Gasteiger partial charge in [0.25, 0.3) is 0 Å². The van der Waals surface area contributed by atoms with Gasteiger partial charge in [-0.2, -0.15) is 0 Å². The molecule has 1 aliphatic rings. The van der Waals surface area contributed by atoms with E-state index in [1.54, 1.807) is 0 Å². The minimum Gasteiger partial charge on any atom is -0.381 e. The first-order chi connectivity index (χ1) is 10.3. The van der Waals surface area contributed by atoms with Gasteiger partial charge in [0.15, 0.2) is 6.29 Å². The Kier molecular flexibility index (Phi) is 6.21. The first-order valence-corrected chi connectivity index (χ1v) is 7.17. The third-order valence-electron chi connectivity index (χ3n) is 3.36. The van der Waals surface area contributed by atoms with Crippen molar-refractivity contribution in [1.82, 2.24) is 0 Å². The average Bonchev–Trinajstić information content (AvgIpc) is 2.55. The molecular weight excluding hydrogens is 268 g/mol. The number of hydrogen-bond donors (Lipinski definition) is 0. The minimum atomic E-state index is -0.325. The van der Waals surface area contributed by atoms with Crippen LogP contribution in [0, 0.1) is 17.8 Å². The zero-order valence-electron chi connectivity index (χ0n) is 12.4. The Morgan fingerprint density at radius 3 is 2.48 bits per heavy atom. The van der Waals surface area contributed by atoms with E-state index in [0.717, 1.165) is 5.56 Å². The molecule has 0 bridgehead atoms. The molecule has 0 saturated carbocycles. The normalized spacial score (nSPS) is 25.4. The maximum absolute atomic E-state index is 5.87. The summed E-state index contributed by atoms with van der Waals surface area (Å²) in [5.74, 6) is 2.47. The van der Waals surface area contributed by atoms with Gasteiger partial charge in [-0.15, -0.1) is 6.42 Å². The lowest BCUT2D eigenvalue weighted by Gasteiger charge is -2.39. The van der Waals surface area contributed by atoms with E-state index in [4.69, 9.17) is 25.4 Å². The van der Waals surface area contributed by atoms with Gasteiger partial charge in [0.2, 0.25) is 0 Å². The van der Waals surface area contributed by atoms with Crippen LogP contribution in [0.15, 0.2) is 30.3 Å². The zero-order valence-corrected chi connectivity index (χ0v) is 12.4. The van der Waals surface area contributed by atoms with Crippen LogP contribution in [0.5, 0.6) is 0 Å². The van der Waals surface area contributed by atoms with Gasteiger partial charge in [-0.25, -0.2) is 0 Å². The van der Waals surface area contributed by atoms with Crippen LogP contribution >= 0.6 is 0 Å². The van der Waals surface area contributed by atoms with Crippen LogP contribution < -0.4 is 0 Å². The van der Waals surface area contributed by atoms with Crippen LogP contribution in [0.2, 0.25) is 0 Å². The second-order valence-corrected chi connectivity index (χ2v) is 5.20. The van der Waals surface area contributed by atoms with E-state index in [9.17, 15) is 0 Å². The van der Waals surface area contributed by atoms with Crippen molar-refractivity contribution >= 4 is 0 Å². The van der Waals surface area contributed by atoms with E-state index in [-0.39, 0.29) is 18.3 Å². The number of terminal acetylenes is 1. The summed E-state index contributed by atoms with van der Waals surface area (Å²) in [6.45, 7) is 4.96. The lowest BCUT2D eigenvalue weighted by Crippen LogP contribution is -2.46. The highest BCUT2D eigenvalue weighted by molar-refractivity contribution is 5.16. The SMILES string of the molecule is C#CCOCC1(COCC)COC(c2ccccc2)OC1. The summed E-state index contributed by atoms with van der Waals surface area (Å²) < 4.78 is 22.8. The molecule has 0 unspecified atom stereocenters. The van der Waals surface area contributed by atoms with Crippen molar-refractivity contribution in [3.63, 3.8) is 0 Å². The lowest BCUT2D eigenvalue weighted by molar-refractivity contribution is -0.253. The van der Waals surface area contributed by atoms with Crippen LogP contribution in [-0.2, 0) is 18.9 Å². The number of hydrogen-bond acceptors (Lipinski definition) is 4. The van der Waals surface area contributed by atoms with Gasteiger partial charge in [0.1, 0.15) is 6.61 Å². The summed E-state index contributed by atoms with van der Waals surface area (Å²) in [6.07, 6.45) is 4.89. The van der Waals surface area contributed by atoms with Crippen LogP contribution in [-0.4, -0.2) is 39.6 Å².